The largest absolute Gasteiger partial charge is 0.373 e. The molecular weight excluding hydrogens is 228 g/mol. The van der Waals surface area contributed by atoms with Crippen LogP contribution in [-0.4, -0.2) is 24.8 Å². The molecule has 0 aliphatic heterocycles. The summed E-state index contributed by atoms with van der Waals surface area (Å²) in [6.45, 7) is 15.3. The second kappa shape index (κ2) is 7.67. The first-order valence-electron chi connectivity index (χ1n) is 6.34. The Morgan fingerprint density at radius 1 is 1.00 bits per heavy atom. The van der Waals surface area contributed by atoms with Gasteiger partial charge in [0.1, 0.15) is 11.9 Å². The van der Waals surface area contributed by atoms with Crippen LogP contribution in [0.1, 0.15) is 61.8 Å². The van der Waals surface area contributed by atoms with Crippen molar-refractivity contribution in [2.75, 3.05) is 7.11 Å². The average Bonchev–Trinajstić information content (AvgIpc) is 1.96. The Kier molecular flexibility index (Phi) is 8.37. The highest BCUT2D eigenvalue weighted by Crippen LogP contribution is 2.22. The number of hydrogen-bond acceptors (Lipinski definition) is 3. The normalized spacial score (nSPS) is 13.4. The van der Waals surface area contributed by atoms with Crippen LogP contribution in [0.15, 0.2) is 0 Å². The Morgan fingerprint density at radius 2 is 1.39 bits per heavy atom. The molecule has 0 spiro atoms. The average molecular weight is 258 g/mol. The lowest BCUT2D eigenvalue weighted by Gasteiger charge is -2.26. The molecule has 0 saturated heterocycles. The Hall–Kier alpha value is -0.700. The van der Waals surface area contributed by atoms with Crippen LogP contribution in [0.5, 0.6) is 0 Å². The molecule has 0 aliphatic rings. The van der Waals surface area contributed by atoms with E-state index in [1.165, 1.54) is 0 Å². The van der Waals surface area contributed by atoms with Gasteiger partial charge in [-0.1, -0.05) is 41.5 Å². The monoisotopic (exact) mass is 258 g/mol. The lowest BCUT2D eigenvalue weighted by Crippen LogP contribution is -2.34. The molecule has 0 saturated carbocycles. The van der Waals surface area contributed by atoms with Gasteiger partial charge in [0.05, 0.1) is 0 Å². The molecule has 1 unspecified atom stereocenters. The number of methoxy groups -OCH3 is 1. The molecule has 0 heterocycles. The maximum atomic E-state index is 10.9. The van der Waals surface area contributed by atoms with Gasteiger partial charge in [0, 0.05) is 13.5 Å². The van der Waals surface area contributed by atoms with Crippen molar-refractivity contribution in [3.05, 3.63) is 0 Å². The quantitative estimate of drug-likeness (QED) is 0.776. The first kappa shape index (κ1) is 19.6. The lowest BCUT2D eigenvalue weighted by atomic mass is 9.87. The van der Waals surface area contributed by atoms with Gasteiger partial charge in [-0.3, -0.25) is 4.79 Å². The summed E-state index contributed by atoms with van der Waals surface area (Å²) in [6.07, 6.45) is 0.417. The van der Waals surface area contributed by atoms with E-state index in [9.17, 15) is 9.59 Å². The van der Waals surface area contributed by atoms with Crippen molar-refractivity contribution < 1.29 is 14.3 Å². The van der Waals surface area contributed by atoms with Crippen LogP contribution in [0.4, 0.5) is 0 Å². The van der Waals surface area contributed by atoms with Gasteiger partial charge in [-0.2, -0.15) is 0 Å². The molecule has 0 aromatic heterocycles. The van der Waals surface area contributed by atoms with Gasteiger partial charge >= 0.3 is 0 Å². The van der Waals surface area contributed by atoms with E-state index in [4.69, 9.17) is 4.74 Å². The van der Waals surface area contributed by atoms with Crippen molar-refractivity contribution in [2.45, 2.75) is 67.9 Å². The summed E-state index contributed by atoms with van der Waals surface area (Å²) >= 11 is 0. The molecule has 0 rings (SSSR count). The SMILES string of the molecule is CC(=O)CC(C)(C)C.COC(C(C)=O)C(C)(C)C. The molecule has 3 nitrogen and oxygen atoms in total. The van der Waals surface area contributed by atoms with Gasteiger partial charge in [-0.15, -0.1) is 0 Å². The minimum atomic E-state index is -0.271. The fourth-order valence-electron chi connectivity index (χ4n) is 1.88. The van der Waals surface area contributed by atoms with E-state index in [0.717, 1.165) is 0 Å². The zero-order chi connectivity index (χ0) is 15.1. The minimum absolute atomic E-state index is 0.0828. The molecule has 0 amide bonds. The molecule has 0 aromatic rings. The van der Waals surface area contributed by atoms with Crippen LogP contribution in [0.2, 0.25) is 0 Å². The number of carbonyl (C=O) groups is 2. The molecule has 1 atom stereocenters. The predicted molar refractivity (Wildman–Crippen MR) is 75.7 cm³/mol. The van der Waals surface area contributed by atoms with Crippen molar-refractivity contribution in [3.63, 3.8) is 0 Å². The molecule has 0 radical (unpaired) electrons. The highest BCUT2D eigenvalue weighted by Gasteiger charge is 2.27. The Balaban J connectivity index is 0. The fourth-order valence-corrected chi connectivity index (χ4v) is 1.88. The van der Waals surface area contributed by atoms with E-state index in [-0.39, 0.29) is 28.5 Å². The maximum Gasteiger partial charge on any atom is 0.159 e. The number of carbonyl (C=O) groups excluding carboxylic acids is 2. The van der Waals surface area contributed by atoms with Gasteiger partial charge < -0.3 is 9.53 Å². The van der Waals surface area contributed by atoms with Crippen LogP contribution in [0.25, 0.3) is 0 Å². The second-order valence-corrected chi connectivity index (χ2v) is 7.03. The number of ether oxygens (including phenoxy) is 1. The Morgan fingerprint density at radius 3 is 1.39 bits per heavy atom. The van der Waals surface area contributed by atoms with Gasteiger partial charge in [0.15, 0.2) is 5.78 Å². The van der Waals surface area contributed by atoms with Gasteiger partial charge in [0.2, 0.25) is 0 Å². The molecule has 0 N–H and O–H groups in total. The molecule has 3 heteroatoms. The van der Waals surface area contributed by atoms with Crippen molar-refractivity contribution in [1.29, 1.82) is 0 Å². The molecule has 0 aliphatic carbocycles. The van der Waals surface area contributed by atoms with Crippen LogP contribution in [-0.2, 0) is 14.3 Å². The smallest absolute Gasteiger partial charge is 0.159 e. The Labute approximate surface area is 112 Å². The highest BCUT2D eigenvalue weighted by atomic mass is 16.5. The summed E-state index contributed by atoms with van der Waals surface area (Å²) in [6, 6.07) is 0. The molecule has 108 valence electrons. The third-order valence-corrected chi connectivity index (χ3v) is 2.17. The van der Waals surface area contributed by atoms with Crippen molar-refractivity contribution in [2.24, 2.45) is 10.8 Å². The number of Topliss-reactive ketones (excluding diaryl/α,β-unsaturated/α-hetero) is 2. The van der Waals surface area contributed by atoms with Crippen LogP contribution < -0.4 is 0 Å². The zero-order valence-electron chi connectivity index (χ0n) is 13.5. The number of rotatable bonds is 3. The van der Waals surface area contributed by atoms with Gasteiger partial charge in [0.25, 0.3) is 0 Å². The van der Waals surface area contributed by atoms with Crippen LogP contribution in [0, 0.1) is 10.8 Å². The predicted octanol–water partition coefficient (Wildman–Crippen LogP) is 3.65. The summed E-state index contributed by atoms with van der Waals surface area (Å²) < 4.78 is 5.03. The number of hydrogen-bond donors (Lipinski definition) is 0. The molecule has 0 aromatic carbocycles. The zero-order valence-corrected chi connectivity index (χ0v) is 13.5. The van der Waals surface area contributed by atoms with Gasteiger partial charge in [-0.25, -0.2) is 0 Å². The number of ketones is 2. The summed E-state index contributed by atoms with van der Waals surface area (Å²) in [5, 5.41) is 0. The standard InChI is InChI=1S/C8H16O2.C7H14O/c1-6(9)7(10-5)8(2,3)4;1-6(8)5-7(2,3)4/h7H,1-5H3;5H2,1-4H3. The maximum absolute atomic E-state index is 10.9. The van der Waals surface area contributed by atoms with E-state index in [1.807, 2.05) is 20.8 Å². The lowest BCUT2D eigenvalue weighted by molar-refractivity contribution is -0.132. The summed E-state index contributed by atoms with van der Waals surface area (Å²) in [4.78, 5) is 21.4. The van der Waals surface area contributed by atoms with E-state index in [1.54, 1.807) is 21.0 Å². The molecule has 0 bridgehead atoms. The topological polar surface area (TPSA) is 43.4 Å². The van der Waals surface area contributed by atoms with Gasteiger partial charge in [-0.05, 0) is 24.7 Å². The fraction of sp³-hybridized carbons (Fsp3) is 0.867. The second-order valence-electron chi connectivity index (χ2n) is 7.03. The first-order chi connectivity index (χ1) is 7.81. The third kappa shape index (κ3) is 11.8. The van der Waals surface area contributed by atoms with Crippen molar-refractivity contribution in [3.8, 4) is 0 Å². The van der Waals surface area contributed by atoms with E-state index in [2.05, 4.69) is 20.8 Å². The summed E-state index contributed by atoms with van der Waals surface area (Å²) in [5.41, 5.74) is 0.0897. The van der Waals surface area contributed by atoms with E-state index >= 15 is 0 Å². The van der Waals surface area contributed by atoms with E-state index in [0.29, 0.717) is 6.42 Å². The summed E-state index contributed by atoms with van der Waals surface area (Å²) in [5.74, 6) is 0.368. The van der Waals surface area contributed by atoms with Crippen molar-refractivity contribution >= 4 is 11.6 Å². The van der Waals surface area contributed by atoms with Crippen LogP contribution >= 0.6 is 0 Å². The van der Waals surface area contributed by atoms with E-state index < -0.39 is 0 Å². The van der Waals surface area contributed by atoms with Crippen LogP contribution in [0.3, 0.4) is 0 Å². The molecule has 18 heavy (non-hydrogen) atoms. The van der Waals surface area contributed by atoms with Crippen molar-refractivity contribution in [1.82, 2.24) is 0 Å². The Bertz CT molecular complexity index is 266. The third-order valence-electron chi connectivity index (χ3n) is 2.17. The highest BCUT2D eigenvalue weighted by molar-refractivity contribution is 5.81. The minimum Gasteiger partial charge on any atom is -0.373 e. The molecular formula is C15H30O3. The summed E-state index contributed by atoms with van der Waals surface area (Å²) in [7, 11) is 1.57. The first-order valence-corrected chi connectivity index (χ1v) is 6.34. The molecule has 0 fully saturated rings.